The van der Waals surface area contributed by atoms with Gasteiger partial charge in [-0.05, 0) is 107 Å². The van der Waals surface area contributed by atoms with Gasteiger partial charge in [-0.3, -0.25) is 0 Å². The molecule has 0 aliphatic rings. The molecule has 0 unspecified atom stereocenters. The Labute approximate surface area is 671 Å². The first kappa shape index (κ1) is 68.5. The van der Waals surface area contributed by atoms with Crippen molar-refractivity contribution in [3.63, 3.8) is 0 Å². The van der Waals surface area contributed by atoms with Gasteiger partial charge in [0.05, 0.1) is 45.2 Å². The topological polar surface area (TPSA) is 77.3 Å². The molecule has 6 nitrogen and oxygen atoms in total. The van der Waals surface area contributed by atoms with Gasteiger partial charge in [-0.15, -0.1) is 0 Å². The minimum atomic E-state index is 0.710. The summed E-state index contributed by atoms with van der Waals surface area (Å²) in [5, 5.41) is 16.9. The lowest BCUT2D eigenvalue weighted by Gasteiger charge is -2.16. The monoisotopic (exact) mass is 1470 g/mol. The lowest BCUT2D eigenvalue weighted by molar-refractivity contribution is 1.18. The number of aromatic nitrogens is 6. The molecule has 22 aromatic rings. The Bertz CT molecular complexity index is 7410. The number of hydrogen-bond donors (Lipinski definition) is 0. The zero-order chi connectivity index (χ0) is 76.8. The number of pyridine rings is 2. The lowest BCUT2D eigenvalue weighted by Crippen LogP contribution is -1.95. The fraction of sp³-hybridized carbons (Fsp3) is 0. The van der Waals surface area contributed by atoms with E-state index in [-0.39, 0.29) is 0 Å². The van der Waals surface area contributed by atoms with Crippen molar-refractivity contribution in [3.05, 3.63) is 425 Å². The van der Waals surface area contributed by atoms with Crippen molar-refractivity contribution >= 4 is 86.4 Å². The molecule has 116 heavy (non-hydrogen) atoms. The summed E-state index contributed by atoms with van der Waals surface area (Å²) in [7, 11) is 0. The van der Waals surface area contributed by atoms with Crippen LogP contribution in [0.1, 0.15) is 0 Å². The maximum atomic E-state index is 5.56. The van der Waals surface area contributed by atoms with Gasteiger partial charge < -0.3 is 0 Å². The van der Waals surface area contributed by atoms with Gasteiger partial charge in [-0.1, -0.05) is 394 Å². The van der Waals surface area contributed by atoms with Crippen molar-refractivity contribution in [2.24, 2.45) is 0 Å². The molecule has 540 valence electrons. The fourth-order valence-corrected chi connectivity index (χ4v) is 16.7. The molecule has 6 heteroatoms. The van der Waals surface area contributed by atoms with Crippen molar-refractivity contribution in [1.82, 2.24) is 29.9 Å². The molecule has 22 rings (SSSR count). The smallest absolute Gasteiger partial charge is 0.160 e. The van der Waals surface area contributed by atoms with E-state index >= 15 is 0 Å². The molecule has 0 radical (unpaired) electrons. The van der Waals surface area contributed by atoms with Crippen LogP contribution in [0.3, 0.4) is 0 Å². The van der Waals surface area contributed by atoms with Crippen LogP contribution in [0.4, 0.5) is 0 Å². The maximum absolute atomic E-state index is 5.56. The molecule has 0 fully saturated rings. The van der Waals surface area contributed by atoms with Gasteiger partial charge in [0.2, 0.25) is 0 Å². The van der Waals surface area contributed by atoms with Crippen LogP contribution in [-0.2, 0) is 0 Å². The van der Waals surface area contributed by atoms with Crippen molar-refractivity contribution in [1.29, 1.82) is 0 Å². The van der Waals surface area contributed by atoms with E-state index in [0.717, 1.165) is 156 Å². The molecular weight excluding hydrogens is 1410 g/mol. The van der Waals surface area contributed by atoms with Crippen LogP contribution >= 0.6 is 0 Å². The highest BCUT2D eigenvalue weighted by atomic mass is 14.9. The molecule has 0 N–H and O–H groups in total. The summed E-state index contributed by atoms with van der Waals surface area (Å²) in [6, 6.07) is 150. The van der Waals surface area contributed by atoms with Crippen molar-refractivity contribution in [2.45, 2.75) is 0 Å². The molecule has 0 amide bonds. The van der Waals surface area contributed by atoms with Crippen molar-refractivity contribution in [3.8, 4) is 135 Å². The standard InChI is InChI=1S/2C55H35N3/c1-3-15-39(16-4-1)50-35-51(57-55(56-50)41-17-5-2-6-18-41)40-28-25-37(26-29-40)43-20-11-21-44(33-43)47-23-12-24-48-52-46-22-10-9-14-38(46)31-32-49(52)53(58-54(47)48)45-30-27-36-13-7-8-19-42(36)34-45;1-3-14-41(15-4-1)50-35-51(57-55(56-50)43-16-5-2-6-17-43)42-29-24-38(25-30-42)37-22-27-40(28-23-37)47-20-11-21-48-52-46-19-10-9-13-39(46)32-33-49(52)53(58-54(47)48)45-31-26-36-12-7-8-18-44(36)34-45/h2*1-35H. The Morgan fingerprint density at radius 1 is 0.138 bits per heavy atom. The molecular formula is C110H70N6. The highest BCUT2D eigenvalue weighted by Gasteiger charge is 2.21. The van der Waals surface area contributed by atoms with Gasteiger partial charge in [0.1, 0.15) is 0 Å². The van der Waals surface area contributed by atoms with Gasteiger partial charge in [-0.25, -0.2) is 29.9 Å². The summed E-state index contributed by atoms with van der Waals surface area (Å²) in [6.45, 7) is 0. The number of benzene rings is 18. The van der Waals surface area contributed by atoms with Gasteiger partial charge in [0.15, 0.2) is 11.6 Å². The third kappa shape index (κ3) is 13.0. The van der Waals surface area contributed by atoms with E-state index in [2.05, 4.69) is 352 Å². The minimum Gasteiger partial charge on any atom is -0.246 e. The largest absolute Gasteiger partial charge is 0.246 e. The van der Waals surface area contributed by atoms with E-state index in [4.69, 9.17) is 29.9 Å². The predicted molar refractivity (Wildman–Crippen MR) is 485 cm³/mol. The zero-order valence-electron chi connectivity index (χ0n) is 63.1. The summed E-state index contributed by atoms with van der Waals surface area (Å²) < 4.78 is 0. The average molecular weight is 1480 g/mol. The predicted octanol–water partition coefficient (Wildman–Crippen LogP) is 29.0. The quantitative estimate of drug-likeness (QED) is 0.113. The van der Waals surface area contributed by atoms with Gasteiger partial charge in [0.25, 0.3) is 0 Å². The van der Waals surface area contributed by atoms with Crippen LogP contribution in [-0.4, -0.2) is 29.9 Å². The summed E-state index contributed by atoms with van der Waals surface area (Å²) in [6.07, 6.45) is 0. The third-order valence-corrected chi connectivity index (χ3v) is 22.5. The van der Waals surface area contributed by atoms with Gasteiger partial charge in [0, 0.05) is 88.0 Å². The second-order valence-electron chi connectivity index (χ2n) is 29.6. The molecule has 0 aliphatic heterocycles. The zero-order valence-corrected chi connectivity index (χ0v) is 63.1. The number of para-hydroxylation sites is 2. The van der Waals surface area contributed by atoms with Crippen LogP contribution < -0.4 is 0 Å². The van der Waals surface area contributed by atoms with Crippen LogP contribution in [0.5, 0.6) is 0 Å². The van der Waals surface area contributed by atoms with E-state index in [1.165, 1.54) is 53.9 Å². The van der Waals surface area contributed by atoms with E-state index in [1.807, 2.05) is 72.8 Å². The number of rotatable bonds is 12. The van der Waals surface area contributed by atoms with Gasteiger partial charge in [-0.2, -0.15) is 0 Å². The number of nitrogens with zero attached hydrogens (tertiary/aromatic N) is 6. The summed E-state index contributed by atoms with van der Waals surface area (Å²) in [5.74, 6) is 1.42. The fourth-order valence-electron chi connectivity index (χ4n) is 16.7. The first-order valence-corrected chi connectivity index (χ1v) is 39.4. The van der Waals surface area contributed by atoms with Crippen LogP contribution in [0.2, 0.25) is 0 Å². The van der Waals surface area contributed by atoms with Crippen molar-refractivity contribution < 1.29 is 0 Å². The highest BCUT2D eigenvalue weighted by molar-refractivity contribution is 6.26. The molecule has 0 saturated carbocycles. The van der Waals surface area contributed by atoms with Crippen molar-refractivity contribution in [2.75, 3.05) is 0 Å². The van der Waals surface area contributed by atoms with Crippen LogP contribution in [0, 0.1) is 0 Å². The first-order chi connectivity index (χ1) is 57.5. The minimum absolute atomic E-state index is 0.710. The molecule has 18 aromatic carbocycles. The van der Waals surface area contributed by atoms with Crippen LogP contribution in [0.25, 0.3) is 221 Å². The Morgan fingerprint density at radius 2 is 0.431 bits per heavy atom. The second kappa shape index (κ2) is 29.6. The maximum Gasteiger partial charge on any atom is 0.160 e. The molecule has 4 heterocycles. The third-order valence-electron chi connectivity index (χ3n) is 22.5. The summed E-state index contributed by atoms with van der Waals surface area (Å²) in [4.78, 5) is 31.1. The summed E-state index contributed by atoms with van der Waals surface area (Å²) in [5.41, 5.74) is 25.0. The normalized spacial score (nSPS) is 11.4. The number of hydrogen-bond acceptors (Lipinski definition) is 6. The average Bonchev–Trinajstić information content (AvgIpc) is 0.734. The Hall–Kier alpha value is -15.5. The van der Waals surface area contributed by atoms with E-state index in [9.17, 15) is 0 Å². The van der Waals surface area contributed by atoms with Gasteiger partial charge >= 0.3 is 0 Å². The Balaban J connectivity index is 0.000000145. The molecule has 4 aromatic heterocycles. The van der Waals surface area contributed by atoms with E-state index < -0.39 is 0 Å². The SMILES string of the molecule is c1ccc(-c2cc(-c3ccc(-c4ccc(-c5cccc6c5nc(-c5ccc7ccccc7c5)c5ccc7ccccc7c56)cc4)cc3)nc(-c3ccccc3)n2)cc1.c1ccc(-c2cc(-c3ccc(-c4cccc(-c5cccc6c5nc(-c5ccc7ccccc7c5)c5ccc7ccccc7c56)c4)cc3)nc(-c3ccccc3)n2)cc1. The Kier molecular flexibility index (Phi) is 17.5. The van der Waals surface area contributed by atoms with E-state index in [1.54, 1.807) is 0 Å². The molecule has 0 atom stereocenters. The second-order valence-corrected chi connectivity index (χ2v) is 29.6. The first-order valence-electron chi connectivity index (χ1n) is 39.4. The summed E-state index contributed by atoms with van der Waals surface area (Å²) >= 11 is 0. The van der Waals surface area contributed by atoms with Crippen LogP contribution in [0.15, 0.2) is 425 Å². The van der Waals surface area contributed by atoms with E-state index in [0.29, 0.717) is 11.6 Å². The Morgan fingerprint density at radius 3 is 0.862 bits per heavy atom. The number of fused-ring (bicyclic) bond motifs is 12. The molecule has 0 aliphatic carbocycles. The molecule has 0 spiro atoms. The lowest BCUT2D eigenvalue weighted by atomic mass is 9.91. The highest BCUT2D eigenvalue weighted by Crippen LogP contribution is 2.45. The molecule has 0 bridgehead atoms. The molecule has 0 saturated heterocycles.